The van der Waals surface area contributed by atoms with E-state index in [0.717, 1.165) is 31.9 Å². The number of unbranched alkanes of at least 4 members (excludes halogenated alkanes) is 1. The molecule has 0 aromatic carbocycles. The van der Waals surface area contributed by atoms with Crippen molar-refractivity contribution in [2.24, 2.45) is 10.9 Å². The second-order valence-corrected chi connectivity index (χ2v) is 4.97. The minimum absolute atomic E-state index is 0. The maximum Gasteiger partial charge on any atom is 0.305 e. The molecule has 5 nitrogen and oxygen atoms in total. The van der Waals surface area contributed by atoms with E-state index < -0.39 is 0 Å². The molecular weight excluding hydrogens is 369 g/mol. The number of guanidine groups is 1. The van der Waals surface area contributed by atoms with Gasteiger partial charge < -0.3 is 15.4 Å². The number of nitrogens with zero attached hydrogens (tertiary/aromatic N) is 1. The fraction of sp³-hybridized carbons (Fsp3) is 0.857. The number of nitrogens with one attached hydrogen (secondary N) is 2. The molecule has 2 N–H and O–H groups in total. The van der Waals surface area contributed by atoms with Crippen LogP contribution in [0.3, 0.4) is 0 Å². The molecule has 0 aromatic heterocycles. The van der Waals surface area contributed by atoms with Crippen LogP contribution in [0.25, 0.3) is 0 Å². The minimum atomic E-state index is -0.151. The lowest BCUT2D eigenvalue weighted by Crippen LogP contribution is -2.44. The van der Waals surface area contributed by atoms with Gasteiger partial charge in [-0.05, 0) is 32.6 Å². The van der Waals surface area contributed by atoms with Crippen molar-refractivity contribution in [1.29, 1.82) is 0 Å². The predicted octanol–water partition coefficient (Wildman–Crippen LogP) is 2.55. The number of rotatable bonds is 8. The van der Waals surface area contributed by atoms with Gasteiger partial charge in [0.1, 0.15) is 0 Å². The zero-order valence-electron chi connectivity index (χ0n) is 13.4. The van der Waals surface area contributed by atoms with Crippen molar-refractivity contribution in [2.45, 2.75) is 53.0 Å². The molecule has 120 valence electrons. The largest absolute Gasteiger partial charge is 0.469 e. The Labute approximate surface area is 140 Å². The van der Waals surface area contributed by atoms with Gasteiger partial charge in [-0.15, -0.1) is 24.0 Å². The van der Waals surface area contributed by atoms with Crippen LogP contribution in [0.5, 0.6) is 0 Å². The second-order valence-electron chi connectivity index (χ2n) is 4.97. The summed E-state index contributed by atoms with van der Waals surface area (Å²) < 4.78 is 4.60. The number of hydrogen-bond acceptors (Lipinski definition) is 3. The Morgan fingerprint density at radius 2 is 1.90 bits per heavy atom. The fourth-order valence-corrected chi connectivity index (χ4v) is 1.38. The van der Waals surface area contributed by atoms with E-state index in [9.17, 15) is 4.79 Å². The molecule has 0 radical (unpaired) electrons. The highest BCUT2D eigenvalue weighted by atomic mass is 127. The Bertz CT molecular complexity index is 284. The molecule has 6 heteroatoms. The van der Waals surface area contributed by atoms with E-state index in [0.29, 0.717) is 18.4 Å². The molecule has 0 saturated heterocycles. The third kappa shape index (κ3) is 11.3. The van der Waals surface area contributed by atoms with Crippen LogP contribution in [0, 0.1) is 5.92 Å². The maximum absolute atomic E-state index is 10.9. The molecule has 0 aliphatic heterocycles. The SMILES string of the molecule is CCNC(=NCCCCC(=O)OC)NC(C)C(C)C.I. The van der Waals surface area contributed by atoms with E-state index in [1.165, 1.54) is 7.11 Å². The van der Waals surface area contributed by atoms with Gasteiger partial charge in [0.05, 0.1) is 7.11 Å². The maximum atomic E-state index is 10.9. The van der Waals surface area contributed by atoms with Crippen LogP contribution in [0.2, 0.25) is 0 Å². The van der Waals surface area contributed by atoms with Crippen molar-refractivity contribution >= 4 is 35.9 Å². The third-order valence-electron chi connectivity index (χ3n) is 3.00. The predicted molar refractivity (Wildman–Crippen MR) is 94.7 cm³/mol. The number of carbonyl (C=O) groups is 1. The van der Waals surface area contributed by atoms with Crippen LogP contribution in [0.15, 0.2) is 4.99 Å². The number of aliphatic imine (C=N–C) groups is 1. The number of halogens is 1. The summed E-state index contributed by atoms with van der Waals surface area (Å²) in [6, 6.07) is 0.382. The first kappa shape index (κ1) is 21.8. The van der Waals surface area contributed by atoms with Crippen LogP contribution < -0.4 is 10.6 Å². The summed E-state index contributed by atoms with van der Waals surface area (Å²) in [5.74, 6) is 1.26. The Kier molecular flexibility index (Phi) is 14.6. The van der Waals surface area contributed by atoms with Gasteiger partial charge in [-0.2, -0.15) is 0 Å². The van der Waals surface area contributed by atoms with E-state index in [1.54, 1.807) is 0 Å². The van der Waals surface area contributed by atoms with Gasteiger partial charge in [-0.3, -0.25) is 9.79 Å². The summed E-state index contributed by atoms with van der Waals surface area (Å²) in [5, 5.41) is 6.60. The standard InChI is InChI=1S/C14H29N3O2.HI/c1-6-15-14(17-12(4)11(2)3)16-10-8-7-9-13(18)19-5;/h11-12H,6-10H2,1-5H3,(H2,15,16,17);1H. The average molecular weight is 399 g/mol. The molecule has 0 rings (SSSR count). The van der Waals surface area contributed by atoms with Crippen LogP contribution in [0.4, 0.5) is 0 Å². The molecule has 0 aromatic rings. The highest BCUT2D eigenvalue weighted by Gasteiger charge is 2.08. The van der Waals surface area contributed by atoms with Gasteiger partial charge in [0.25, 0.3) is 0 Å². The zero-order chi connectivity index (χ0) is 14.7. The number of ether oxygens (including phenoxy) is 1. The quantitative estimate of drug-likeness (QED) is 0.217. The van der Waals surface area contributed by atoms with Crippen molar-refractivity contribution in [3.8, 4) is 0 Å². The Balaban J connectivity index is 0. The smallest absolute Gasteiger partial charge is 0.305 e. The van der Waals surface area contributed by atoms with Gasteiger partial charge in [0.15, 0.2) is 5.96 Å². The number of esters is 1. The monoisotopic (exact) mass is 399 g/mol. The molecule has 0 bridgehead atoms. The van der Waals surface area contributed by atoms with Crippen LogP contribution in [-0.2, 0) is 9.53 Å². The fourth-order valence-electron chi connectivity index (χ4n) is 1.38. The van der Waals surface area contributed by atoms with Gasteiger partial charge in [0, 0.05) is 25.6 Å². The van der Waals surface area contributed by atoms with Crippen LogP contribution in [0.1, 0.15) is 47.0 Å². The van der Waals surface area contributed by atoms with Crippen molar-refractivity contribution in [3.05, 3.63) is 0 Å². The van der Waals surface area contributed by atoms with Crippen LogP contribution >= 0.6 is 24.0 Å². The number of methoxy groups -OCH3 is 1. The first-order valence-corrected chi connectivity index (χ1v) is 7.12. The molecule has 0 heterocycles. The van der Waals surface area contributed by atoms with Gasteiger partial charge in [0.2, 0.25) is 0 Å². The van der Waals surface area contributed by atoms with Crippen LogP contribution in [-0.4, -0.2) is 38.2 Å². The lowest BCUT2D eigenvalue weighted by atomic mass is 10.1. The van der Waals surface area contributed by atoms with Crippen molar-refractivity contribution in [3.63, 3.8) is 0 Å². The topological polar surface area (TPSA) is 62.7 Å². The summed E-state index contributed by atoms with van der Waals surface area (Å²) in [6.07, 6.45) is 2.18. The van der Waals surface area contributed by atoms with E-state index in [-0.39, 0.29) is 29.9 Å². The van der Waals surface area contributed by atoms with Crippen molar-refractivity contribution in [2.75, 3.05) is 20.2 Å². The molecule has 20 heavy (non-hydrogen) atoms. The highest BCUT2D eigenvalue weighted by Crippen LogP contribution is 2.00. The first-order chi connectivity index (χ1) is 9.01. The summed E-state index contributed by atoms with van der Waals surface area (Å²) in [7, 11) is 1.42. The summed E-state index contributed by atoms with van der Waals surface area (Å²) in [6.45, 7) is 10.1. The Morgan fingerprint density at radius 3 is 2.40 bits per heavy atom. The molecule has 1 unspecified atom stereocenters. The summed E-state index contributed by atoms with van der Waals surface area (Å²) in [5.41, 5.74) is 0. The summed E-state index contributed by atoms with van der Waals surface area (Å²) >= 11 is 0. The molecular formula is C14H30IN3O2. The van der Waals surface area contributed by atoms with Gasteiger partial charge in [-0.1, -0.05) is 13.8 Å². The Morgan fingerprint density at radius 1 is 1.25 bits per heavy atom. The molecule has 0 aliphatic carbocycles. The zero-order valence-corrected chi connectivity index (χ0v) is 15.7. The second kappa shape index (κ2) is 13.5. The minimum Gasteiger partial charge on any atom is -0.469 e. The molecule has 0 fully saturated rings. The lowest BCUT2D eigenvalue weighted by molar-refractivity contribution is -0.140. The molecule has 0 spiro atoms. The van der Waals surface area contributed by atoms with Crippen molar-refractivity contribution in [1.82, 2.24) is 10.6 Å². The first-order valence-electron chi connectivity index (χ1n) is 7.12. The van der Waals surface area contributed by atoms with Crippen molar-refractivity contribution < 1.29 is 9.53 Å². The molecule has 0 amide bonds. The molecule has 1 atom stereocenters. The number of carbonyl (C=O) groups excluding carboxylic acids is 1. The van der Waals surface area contributed by atoms with E-state index >= 15 is 0 Å². The van der Waals surface area contributed by atoms with E-state index in [1.807, 2.05) is 0 Å². The van der Waals surface area contributed by atoms with E-state index in [2.05, 4.69) is 48.1 Å². The van der Waals surface area contributed by atoms with Gasteiger partial charge in [-0.25, -0.2) is 0 Å². The average Bonchev–Trinajstić information content (AvgIpc) is 2.37. The number of hydrogen-bond donors (Lipinski definition) is 2. The lowest BCUT2D eigenvalue weighted by Gasteiger charge is -2.20. The van der Waals surface area contributed by atoms with Gasteiger partial charge >= 0.3 is 5.97 Å². The molecule has 0 saturated carbocycles. The molecule has 0 aliphatic rings. The third-order valence-corrected chi connectivity index (χ3v) is 3.00. The van der Waals surface area contributed by atoms with E-state index in [4.69, 9.17) is 0 Å². The normalized spacial score (nSPS) is 12.6. The Hall–Kier alpha value is -0.530. The summed E-state index contributed by atoms with van der Waals surface area (Å²) in [4.78, 5) is 15.4. The highest BCUT2D eigenvalue weighted by molar-refractivity contribution is 14.0.